The van der Waals surface area contributed by atoms with Gasteiger partial charge in [0.15, 0.2) is 0 Å². The van der Waals surface area contributed by atoms with Gasteiger partial charge in [0, 0.05) is 0 Å². The molecule has 19 heavy (non-hydrogen) atoms. The van der Waals surface area contributed by atoms with Gasteiger partial charge in [-0.2, -0.15) is 10.4 Å². The molecule has 0 radical (unpaired) electrons. The average Bonchev–Trinajstić information content (AvgIpc) is 2.45. The molecule has 0 aliphatic heterocycles. The number of benzene rings is 1. The fourth-order valence-electron chi connectivity index (χ4n) is 1.61. The molecule has 2 N–H and O–H groups in total. The highest BCUT2D eigenvalue weighted by Gasteiger charge is 2.07. The lowest BCUT2D eigenvalue weighted by Crippen LogP contribution is -2.26. The fourth-order valence-corrected chi connectivity index (χ4v) is 1.61. The zero-order chi connectivity index (χ0) is 13.8. The molecule has 1 aromatic carbocycles. The summed E-state index contributed by atoms with van der Waals surface area (Å²) in [5.41, 5.74) is 6.02. The van der Waals surface area contributed by atoms with Crippen molar-refractivity contribution in [3.63, 3.8) is 0 Å². The van der Waals surface area contributed by atoms with E-state index >= 15 is 0 Å². The number of rotatable bonds is 3. The maximum atomic E-state index is 11.9. The maximum absolute atomic E-state index is 11.9. The molecule has 96 valence electrons. The van der Waals surface area contributed by atoms with Crippen LogP contribution in [0.5, 0.6) is 5.75 Å². The molecule has 6 nitrogen and oxygen atoms in total. The summed E-state index contributed by atoms with van der Waals surface area (Å²) < 4.78 is 6.27. The molecule has 0 amide bonds. The van der Waals surface area contributed by atoms with E-state index in [-0.39, 0.29) is 11.3 Å². The van der Waals surface area contributed by atoms with Crippen LogP contribution in [-0.2, 0) is 6.54 Å². The predicted octanol–water partition coefficient (Wildman–Crippen LogP) is 0.754. The first-order chi connectivity index (χ1) is 9.15. The third-order valence-corrected chi connectivity index (χ3v) is 2.69. The molecule has 2 rings (SSSR count). The second kappa shape index (κ2) is 5.23. The molecule has 0 saturated heterocycles. The highest BCUT2D eigenvalue weighted by atomic mass is 16.5. The van der Waals surface area contributed by atoms with Gasteiger partial charge in [0.1, 0.15) is 23.1 Å². The van der Waals surface area contributed by atoms with Crippen LogP contribution in [0, 0.1) is 11.3 Å². The fraction of sp³-hybridized carbons (Fsp3) is 0.154. The highest BCUT2D eigenvalue weighted by Crippen LogP contribution is 2.11. The van der Waals surface area contributed by atoms with Crippen LogP contribution in [0.4, 0.5) is 5.69 Å². The van der Waals surface area contributed by atoms with Crippen LogP contribution in [0.1, 0.15) is 11.1 Å². The van der Waals surface area contributed by atoms with E-state index in [9.17, 15) is 4.79 Å². The van der Waals surface area contributed by atoms with Crippen molar-refractivity contribution in [2.24, 2.45) is 0 Å². The molecule has 0 unspecified atom stereocenters. The average molecular weight is 256 g/mol. The van der Waals surface area contributed by atoms with Gasteiger partial charge in [-0.15, -0.1) is 0 Å². The van der Waals surface area contributed by atoms with Gasteiger partial charge in [-0.3, -0.25) is 4.79 Å². The second-order valence-corrected chi connectivity index (χ2v) is 3.89. The summed E-state index contributed by atoms with van der Waals surface area (Å²) in [4.78, 5) is 11.9. The molecule has 1 aromatic heterocycles. The molecule has 0 aliphatic carbocycles. The molecule has 1 heterocycles. The first-order valence-electron chi connectivity index (χ1n) is 5.54. The number of hydrogen-bond donors (Lipinski definition) is 1. The summed E-state index contributed by atoms with van der Waals surface area (Å²) in [6, 6.07) is 9.09. The maximum Gasteiger partial charge on any atom is 0.291 e. The Labute approximate surface area is 109 Å². The lowest BCUT2D eigenvalue weighted by molar-refractivity contribution is 0.414. The number of methoxy groups -OCH3 is 1. The summed E-state index contributed by atoms with van der Waals surface area (Å²) in [5, 5.41) is 12.7. The van der Waals surface area contributed by atoms with E-state index in [0.29, 0.717) is 6.54 Å². The Morgan fingerprint density at radius 3 is 2.68 bits per heavy atom. The van der Waals surface area contributed by atoms with Crippen molar-refractivity contribution in [2.75, 3.05) is 12.8 Å². The molecule has 0 bridgehead atoms. The van der Waals surface area contributed by atoms with Gasteiger partial charge in [-0.25, -0.2) is 4.68 Å². The minimum Gasteiger partial charge on any atom is -0.497 e. The van der Waals surface area contributed by atoms with Gasteiger partial charge in [-0.05, 0) is 17.7 Å². The van der Waals surface area contributed by atoms with Crippen LogP contribution in [0.2, 0.25) is 0 Å². The molecule has 0 fully saturated rings. The SMILES string of the molecule is COc1ccc(Cn2ncc(C#N)c(N)c2=O)cc1. The Kier molecular flexibility index (Phi) is 3.48. The molecule has 0 spiro atoms. The summed E-state index contributed by atoms with van der Waals surface area (Å²) in [7, 11) is 1.59. The first-order valence-corrected chi connectivity index (χ1v) is 5.54. The number of anilines is 1. The summed E-state index contributed by atoms with van der Waals surface area (Å²) in [6.45, 7) is 0.290. The van der Waals surface area contributed by atoms with Gasteiger partial charge in [-0.1, -0.05) is 12.1 Å². The molecular formula is C13H12N4O2. The van der Waals surface area contributed by atoms with Crippen LogP contribution in [0.25, 0.3) is 0 Å². The van der Waals surface area contributed by atoms with Crippen molar-refractivity contribution in [1.82, 2.24) is 9.78 Å². The summed E-state index contributed by atoms with van der Waals surface area (Å²) in [5.74, 6) is 0.739. The number of nitriles is 1. The zero-order valence-corrected chi connectivity index (χ0v) is 10.3. The minimum absolute atomic E-state index is 0.0778. The smallest absolute Gasteiger partial charge is 0.291 e. The van der Waals surface area contributed by atoms with E-state index in [4.69, 9.17) is 15.7 Å². The van der Waals surface area contributed by atoms with E-state index in [0.717, 1.165) is 11.3 Å². The van der Waals surface area contributed by atoms with Crippen molar-refractivity contribution in [3.8, 4) is 11.8 Å². The minimum atomic E-state index is -0.463. The topological polar surface area (TPSA) is 93.9 Å². The number of nitrogen functional groups attached to an aromatic ring is 1. The molecule has 0 aliphatic rings. The predicted molar refractivity (Wildman–Crippen MR) is 69.7 cm³/mol. The third kappa shape index (κ3) is 2.55. The van der Waals surface area contributed by atoms with Crippen molar-refractivity contribution in [2.45, 2.75) is 6.54 Å². The zero-order valence-electron chi connectivity index (χ0n) is 10.3. The van der Waals surface area contributed by atoms with E-state index in [1.54, 1.807) is 19.2 Å². The monoisotopic (exact) mass is 256 g/mol. The van der Waals surface area contributed by atoms with E-state index < -0.39 is 5.56 Å². The molecule has 0 atom stereocenters. The number of aromatic nitrogens is 2. The van der Waals surface area contributed by atoms with Crippen LogP contribution in [-0.4, -0.2) is 16.9 Å². The van der Waals surface area contributed by atoms with Crippen molar-refractivity contribution < 1.29 is 4.74 Å². The Bertz CT molecular complexity index is 683. The standard InChI is InChI=1S/C13H12N4O2/c1-19-11-4-2-9(3-5-11)8-17-13(18)12(15)10(6-14)7-16-17/h2-5,7H,8,15H2,1H3. The number of nitrogens with two attached hydrogens (primary N) is 1. The van der Waals surface area contributed by atoms with Crippen molar-refractivity contribution in [1.29, 1.82) is 5.26 Å². The van der Waals surface area contributed by atoms with Crippen LogP contribution >= 0.6 is 0 Å². The van der Waals surface area contributed by atoms with E-state index in [1.807, 2.05) is 18.2 Å². The van der Waals surface area contributed by atoms with Crippen molar-refractivity contribution >= 4 is 5.69 Å². The molecule has 2 aromatic rings. The largest absolute Gasteiger partial charge is 0.497 e. The van der Waals surface area contributed by atoms with Crippen LogP contribution in [0.3, 0.4) is 0 Å². The van der Waals surface area contributed by atoms with Crippen molar-refractivity contribution in [3.05, 3.63) is 51.9 Å². The van der Waals surface area contributed by atoms with Gasteiger partial charge in [0.2, 0.25) is 0 Å². The Balaban J connectivity index is 2.31. The van der Waals surface area contributed by atoms with Crippen LogP contribution in [0.15, 0.2) is 35.3 Å². The van der Waals surface area contributed by atoms with Crippen LogP contribution < -0.4 is 16.0 Å². The highest BCUT2D eigenvalue weighted by molar-refractivity contribution is 5.50. The van der Waals surface area contributed by atoms with E-state index in [2.05, 4.69) is 5.10 Å². The van der Waals surface area contributed by atoms with E-state index in [1.165, 1.54) is 10.9 Å². The lowest BCUT2D eigenvalue weighted by atomic mass is 10.2. The molecule has 0 saturated carbocycles. The quantitative estimate of drug-likeness (QED) is 0.874. The van der Waals surface area contributed by atoms with Gasteiger partial charge in [0.25, 0.3) is 5.56 Å². The summed E-state index contributed by atoms with van der Waals surface area (Å²) >= 11 is 0. The number of nitrogens with zero attached hydrogens (tertiary/aromatic N) is 3. The van der Waals surface area contributed by atoms with Gasteiger partial charge in [0.05, 0.1) is 19.9 Å². The lowest BCUT2D eigenvalue weighted by Gasteiger charge is -2.07. The normalized spacial score (nSPS) is 9.89. The van der Waals surface area contributed by atoms with Gasteiger partial charge < -0.3 is 10.5 Å². The summed E-state index contributed by atoms with van der Waals surface area (Å²) in [6.07, 6.45) is 1.29. The third-order valence-electron chi connectivity index (χ3n) is 2.69. The Hall–Kier alpha value is -2.81. The number of ether oxygens (including phenoxy) is 1. The second-order valence-electron chi connectivity index (χ2n) is 3.89. The first kappa shape index (κ1) is 12.6. The Morgan fingerprint density at radius 2 is 2.11 bits per heavy atom. The Morgan fingerprint density at radius 1 is 1.42 bits per heavy atom. The van der Waals surface area contributed by atoms with Gasteiger partial charge >= 0.3 is 0 Å². The molecular weight excluding hydrogens is 244 g/mol. The molecule has 6 heteroatoms. The number of hydrogen-bond acceptors (Lipinski definition) is 5.